The van der Waals surface area contributed by atoms with E-state index < -0.39 is 0 Å². The molecule has 7 nitrogen and oxygen atoms in total. The Hall–Kier alpha value is -2.80. The van der Waals surface area contributed by atoms with Crippen molar-refractivity contribution in [2.45, 2.75) is 26.3 Å². The Morgan fingerprint density at radius 1 is 1.00 bits per heavy atom. The van der Waals surface area contributed by atoms with Crippen molar-refractivity contribution >= 4 is 16.6 Å². The lowest BCUT2D eigenvalue weighted by Gasteiger charge is -2.36. The van der Waals surface area contributed by atoms with E-state index in [-0.39, 0.29) is 0 Å². The van der Waals surface area contributed by atoms with Gasteiger partial charge in [0.05, 0.1) is 28.9 Å². The minimum Gasteiger partial charge on any atom is -0.477 e. The summed E-state index contributed by atoms with van der Waals surface area (Å²) in [6.07, 6.45) is 7.66. The van der Waals surface area contributed by atoms with Gasteiger partial charge in [-0.05, 0) is 43.9 Å². The second-order valence-electron chi connectivity index (χ2n) is 7.99. The number of rotatable bonds is 6. The Bertz CT molecular complexity index is 998. The number of ether oxygens (including phenoxy) is 1. The number of fused-ring (bicyclic) bond motifs is 1. The minimum absolute atomic E-state index is 0.703. The van der Waals surface area contributed by atoms with Gasteiger partial charge in [0.1, 0.15) is 6.33 Å². The molecular formula is C22H26N6O. The van der Waals surface area contributed by atoms with Crippen LogP contribution in [-0.2, 0) is 6.54 Å². The van der Waals surface area contributed by atoms with E-state index in [1.165, 1.54) is 18.5 Å². The van der Waals surface area contributed by atoms with Crippen LogP contribution in [0, 0.1) is 12.8 Å². The predicted octanol–water partition coefficient (Wildman–Crippen LogP) is 2.84. The fraction of sp³-hybridized carbons (Fsp3) is 0.455. The SMILES string of the molecule is Cc1nccnc1CN1CCN(c2ccc3ncnc(OCC4CC4)c3c2)CC1. The first-order chi connectivity index (χ1) is 14.3. The highest BCUT2D eigenvalue weighted by atomic mass is 16.5. The Kier molecular flexibility index (Phi) is 4.97. The lowest BCUT2D eigenvalue weighted by molar-refractivity contribution is 0.246. The van der Waals surface area contributed by atoms with E-state index in [4.69, 9.17) is 4.74 Å². The first kappa shape index (κ1) is 18.2. The van der Waals surface area contributed by atoms with Crippen molar-refractivity contribution in [3.63, 3.8) is 0 Å². The highest BCUT2D eigenvalue weighted by Crippen LogP contribution is 2.32. The maximum atomic E-state index is 5.99. The third kappa shape index (κ3) is 4.15. The summed E-state index contributed by atoms with van der Waals surface area (Å²) in [4.78, 5) is 22.5. The van der Waals surface area contributed by atoms with E-state index in [9.17, 15) is 0 Å². The van der Waals surface area contributed by atoms with Gasteiger partial charge in [0.2, 0.25) is 5.88 Å². The largest absolute Gasteiger partial charge is 0.477 e. The Morgan fingerprint density at radius 3 is 2.62 bits per heavy atom. The van der Waals surface area contributed by atoms with Gasteiger partial charge in [0, 0.05) is 50.8 Å². The maximum Gasteiger partial charge on any atom is 0.224 e. The number of benzene rings is 1. The smallest absolute Gasteiger partial charge is 0.224 e. The van der Waals surface area contributed by atoms with Crippen LogP contribution in [-0.4, -0.2) is 57.6 Å². The number of anilines is 1. The van der Waals surface area contributed by atoms with E-state index in [0.29, 0.717) is 11.8 Å². The fourth-order valence-corrected chi connectivity index (χ4v) is 3.78. The highest BCUT2D eigenvalue weighted by molar-refractivity contribution is 5.86. The average molecular weight is 390 g/mol. The molecule has 1 aromatic carbocycles. The van der Waals surface area contributed by atoms with Crippen LogP contribution >= 0.6 is 0 Å². The predicted molar refractivity (Wildman–Crippen MR) is 112 cm³/mol. The first-order valence-electron chi connectivity index (χ1n) is 10.4. The molecule has 3 aromatic rings. The summed E-state index contributed by atoms with van der Waals surface area (Å²) in [7, 11) is 0. The zero-order valence-corrected chi connectivity index (χ0v) is 16.8. The molecule has 1 saturated carbocycles. The van der Waals surface area contributed by atoms with Crippen molar-refractivity contribution in [2.75, 3.05) is 37.7 Å². The standard InChI is InChI=1S/C22H26N6O/c1-16-21(24-7-6-23-16)13-27-8-10-28(11-9-27)18-4-5-20-19(12-18)22(26-15-25-20)29-14-17-2-3-17/h4-7,12,15,17H,2-3,8-11,13-14H2,1H3. The average Bonchev–Trinajstić information content (AvgIpc) is 3.59. The van der Waals surface area contributed by atoms with Crippen LogP contribution in [0.25, 0.3) is 10.9 Å². The van der Waals surface area contributed by atoms with E-state index >= 15 is 0 Å². The van der Waals surface area contributed by atoms with Crippen LogP contribution in [0.3, 0.4) is 0 Å². The lowest BCUT2D eigenvalue weighted by Crippen LogP contribution is -2.46. The number of hydrogen-bond donors (Lipinski definition) is 0. The van der Waals surface area contributed by atoms with Gasteiger partial charge in [-0.3, -0.25) is 14.9 Å². The molecule has 0 bridgehead atoms. The van der Waals surface area contributed by atoms with Crippen LogP contribution in [0.4, 0.5) is 5.69 Å². The monoisotopic (exact) mass is 390 g/mol. The molecule has 0 N–H and O–H groups in total. The number of nitrogens with zero attached hydrogens (tertiary/aromatic N) is 6. The quantitative estimate of drug-likeness (QED) is 0.641. The van der Waals surface area contributed by atoms with Gasteiger partial charge >= 0.3 is 0 Å². The van der Waals surface area contributed by atoms with Gasteiger partial charge in [-0.15, -0.1) is 0 Å². The molecule has 29 heavy (non-hydrogen) atoms. The van der Waals surface area contributed by atoms with E-state index in [1.54, 1.807) is 18.7 Å². The van der Waals surface area contributed by atoms with E-state index in [1.807, 2.05) is 6.92 Å². The van der Waals surface area contributed by atoms with Crippen LogP contribution in [0.1, 0.15) is 24.2 Å². The van der Waals surface area contributed by atoms with Crippen molar-refractivity contribution in [3.8, 4) is 5.88 Å². The van der Waals surface area contributed by atoms with Crippen molar-refractivity contribution < 1.29 is 4.74 Å². The number of piperazine rings is 1. The summed E-state index contributed by atoms with van der Waals surface area (Å²) in [5.41, 5.74) is 4.23. The second kappa shape index (κ2) is 7.91. The summed E-state index contributed by atoms with van der Waals surface area (Å²) in [6.45, 7) is 7.62. The minimum atomic E-state index is 0.703. The third-order valence-electron chi connectivity index (χ3n) is 5.83. The van der Waals surface area contributed by atoms with Gasteiger partial charge in [-0.25, -0.2) is 9.97 Å². The molecular weight excluding hydrogens is 364 g/mol. The van der Waals surface area contributed by atoms with E-state index in [0.717, 1.165) is 61.6 Å². The van der Waals surface area contributed by atoms with E-state index in [2.05, 4.69) is 47.9 Å². The summed E-state index contributed by atoms with van der Waals surface area (Å²) in [5.74, 6) is 1.41. The molecule has 0 atom stereocenters. The lowest BCUT2D eigenvalue weighted by atomic mass is 10.1. The normalized spacial score (nSPS) is 17.6. The molecule has 150 valence electrons. The molecule has 0 amide bonds. The van der Waals surface area contributed by atoms with Gasteiger partial charge in [0.25, 0.3) is 0 Å². The first-order valence-corrected chi connectivity index (χ1v) is 10.4. The van der Waals surface area contributed by atoms with Gasteiger partial charge in [-0.2, -0.15) is 0 Å². The summed E-state index contributed by atoms with van der Waals surface area (Å²) < 4.78 is 5.99. The number of aromatic nitrogens is 4. The number of aryl methyl sites for hydroxylation is 1. The third-order valence-corrected chi connectivity index (χ3v) is 5.83. The van der Waals surface area contributed by atoms with Crippen molar-refractivity contribution in [1.29, 1.82) is 0 Å². The highest BCUT2D eigenvalue weighted by Gasteiger charge is 2.23. The molecule has 7 heteroatoms. The molecule has 2 aromatic heterocycles. The van der Waals surface area contributed by atoms with Crippen molar-refractivity contribution in [3.05, 3.63) is 48.3 Å². The second-order valence-corrected chi connectivity index (χ2v) is 7.99. The molecule has 3 heterocycles. The van der Waals surface area contributed by atoms with Gasteiger partial charge in [0.15, 0.2) is 0 Å². The summed E-state index contributed by atoms with van der Waals surface area (Å²) in [6, 6.07) is 6.41. The topological polar surface area (TPSA) is 67.3 Å². The van der Waals surface area contributed by atoms with Crippen molar-refractivity contribution in [1.82, 2.24) is 24.8 Å². The van der Waals surface area contributed by atoms with Crippen molar-refractivity contribution in [2.24, 2.45) is 5.92 Å². The molecule has 0 spiro atoms. The summed E-state index contributed by atoms with van der Waals surface area (Å²) >= 11 is 0. The van der Waals surface area contributed by atoms with Gasteiger partial charge < -0.3 is 9.64 Å². The molecule has 0 radical (unpaired) electrons. The molecule has 0 unspecified atom stereocenters. The molecule has 1 aliphatic carbocycles. The van der Waals surface area contributed by atoms with Crippen LogP contribution in [0.2, 0.25) is 0 Å². The molecule has 2 fully saturated rings. The number of hydrogen-bond acceptors (Lipinski definition) is 7. The maximum absolute atomic E-state index is 5.99. The van der Waals surface area contributed by atoms with Gasteiger partial charge in [-0.1, -0.05) is 0 Å². The zero-order valence-electron chi connectivity index (χ0n) is 16.8. The molecule has 1 aliphatic heterocycles. The zero-order chi connectivity index (χ0) is 19.6. The Labute approximate surface area is 170 Å². The Balaban J connectivity index is 1.27. The Morgan fingerprint density at radius 2 is 1.83 bits per heavy atom. The van der Waals surface area contributed by atoms with Crippen LogP contribution in [0.5, 0.6) is 5.88 Å². The molecule has 2 aliphatic rings. The van der Waals surface area contributed by atoms with Crippen LogP contribution < -0.4 is 9.64 Å². The fourth-order valence-electron chi connectivity index (χ4n) is 3.78. The molecule has 1 saturated heterocycles. The summed E-state index contributed by atoms with van der Waals surface area (Å²) in [5, 5.41) is 1.00. The van der Waals surface area contributed by atoms with Crippen LogP contribution in [0.15, 0.2) is 36.9 Å². The molecule has 5 rings (SSSR count).